The number of esters is 4. The van der Waals surface area contributed by atoms with E-state index >= 15 is 0 Å². The number of unbranched alkanes of at least 4 members (excludes halogenated alkanes) is 54. The van der Waals surface area contributed by atoms with E-state index in [-0.39, 0.29) is 25.7 Å². The van der Waals surface area contributed by atoms with Crippen molar-refractivity contribution in [2.24, 2.45) is 0 Å². The maximum atomic E-state index is 13.1. The van der Waals surface area contributed by atoms with E-state index in [1.807, 2.05) is 0 Å². The van der Waals surface area contributed by atoms with Gasteiger partial charge in [-0.15, -0.1) is 0 Å². The standard InChI is InChI=1S/C79H154O17P2/c1-5-9-13-17-21-25-29-33-36-40-43-47-51-55-59-63-76(81)89-69-74(95-78(83)65-61-57-53-49-45-39-32-28-24-20-16-12-8-4)71-93-97(85,86)91-67-73(80)68-92-98(87,88)94-72-75(96-79(84)66-62-58-54-50-46-42-38-35-31-27-23-19-15-11-7-3)70-90-77(82)64-60-56-52-48-44-41-37-34-30-26-22-18-14-10-6-2/h73-75,80H,5-72H2,1-4H3,(H,85,86)(H,87,88)/t73-,74+,75+/m0/s1. The van der Waals surface area contributed by atoms with Crippen LogP contribution in [0.3, 0.4) is 0 Å². The van der Waals surface area contributed by atoms with Gasteiger partial charge in [0, 0.05) is 25.7 Å². The summed E-state index contributed by atoms with van der Waals surface area (Å²) in [5.74, 6) is -2.10. The average Bonchev–Trinajstić information content (AvgIpc) is 0.959. The van der Waals surface area contributed by atoms with Gasteiger partial charge in [-0.2, -0.15) is 0 Å². The lowest BCUT2D eigenvalue weighted by Gasteiger charge is -2.21. The molecule has 582 valence electrons. The van der Waals surface area contributed by atoms with Gasteiger partial charge >= 0.3 is 39.5 Å². The van der Waals surface area contributed by atoms with E-state index in [0.717, 1.165) is 89.9 Å². The highest BCUT2D eigenvalue weighted by Gasteiger charge is 2.30. The first-order valence-corrected chi connectivity index (χ1v) is 44.3. The first-order valence-electron chi connectivity index (χ1n) is 41.3. The molecule has 2 unspecified atom stereocenters. The van der Waals surface area contributed by atoms with Gasteiger partial charge in [0.05, 0.1) is 26.4 Å². The van der Waals surface area contributed by atoms with Crippen LogP contribution >= 0.6 is 15.6 Å². The molecule has 98 heavy (non-hydrogen) atoms. The fraction of sp³-hybridized carbons (Fsp3) is 0.949. The van der Waals surface area contributed by atoms with Gasteiger partial charge in [-0.3, -0.25) is 37.3 Å². The molecule has 17 nitrogen and oxygen atoms in total. The number of phosphoric ester groups is 2. The molecular weight excluding hydrogens is 1280 g/mol. The molecule has 0 radical (unpaired) electrons. The lowest BCUT2D eigenvalue weighted by Crippen LogP contribution is -2.30. The molecule has 0 fully saturated rings. The van der Waals surface area contributed by atoms with Gasteiger partial charge in [0.1, 0.15) is 19.3 Å². The number of phosphoric acid groups is 2. The van der Waals surface area contributed by atoms with Crippen molar-refractivity contribution in [3.8, 4) is 0 Å². The van der Waals surface area contributed by atoms with Crippen LogP contribution in [0.1, 0.15) is 426 Å². The van der Waals surface area contributed by atoms with Gasteiger partial charge in [0.2, 0.25) is 0 Å². The molecular formula is C79H154O17P2. The zero-order valence-corrected chi connectivity index (χ0v) is 65.6. The van der Waals surface area contributed by atoms with Crippen LogP contribution in [0.25, 0.3) is 0 Å². The van der Waals surface area contributed by atoms with Gasteiger partial charge in [0.25, 0.3) is 0 Å². The third kappa shape index (κ3) is 72.4. The Morgan fingerprint density at radius 1 is 0.245 bits per heavy atom. The van der Waals surface area contributed by atoms with Gasteiger partial charge in [-0.25, -0.2) is 9.13 Å². The summed E-state index contributed by atoms with van der Waals surface area (Å²) in [7, 11) is -9.91. The molecule has 0 aliphatic carbocycles. The van der Waals surface area contributed by atoms with E-state index in [0.29, 0.717) is 25.7 Å². The summed E-state index contributed by atoms with van der Waals surface area (Å²) in [6.45, 7) is 5.03. The molecule has 0 amide bonds. The van der Waals surface area contributed by atoms with Crippen LogP contribution in [0, 0.1) is 0 Å². The average molecular weight is 1440 g/mol. The molecule has 0 saturated carbocycles. The molecule has 0 saturated heterocycles. The summed E-state index contributed by atoms with van der Waals surface area (Å²) in [6, 6.07) is 0. The minimum Gasteiger partial charge on any atom is -0.462 e. The number of carbonyl (C=O) groups excluding carboxylic acids is 4. The highest BCUT2D eigenvalue weighted by atomic mass is 31.2. The van der Waals surface area contributed by atoms with Gasteiger partial charge in [-0.05, 0) is 25.7 Å². The number of aliphatic hydroxyl groups is 1. The third-order valence-electron chi connectivity index (χ3n) is 18.6. The summed E-state index contributed by atoms with van der Waals surface area (Å²) in [5.41, 5.74) is 0. The Labute approximate surface area is 600 Å². The Bertz CT molecular complexity index is 1860. The van der Waals surface area contributed by atoms with Crippen LogP contribution in [0.15, 0.2) is 0 Å². The fourth-order valence-electron chi connectivity index (χ4n) is 12.3. The van der Waals surface area contributed by atoms with Gasteiger partial charge < -0.3 is 33.8 Å². The number of rotatable bonds is 80. The van der Waals surface area contributed by atoms with Crippen molar-refractivity contribution in [3.63, 3.8) is 0 Å². The number of hydrogen-bond donors (Lipinski definition) is 3. The summed E-state index contributed by atoms with van der Waals surface area (Å²) >= 11 is 0. The quantitative estimate of drug-likeness (QED) is 0.0222. The Morgan fingerprint density at radius 2 is 0.408 bits per heavy atom. The van der Waals surface area contributed by atoms with Crippen molar-refractivity contribution in [1.82, 2.24) is 0 Å². The number of carbonyl (C=O) groups is 4. The zero-order valence-electron chi connectivity index (χ0n) is 63.8. The van der Waals surface area contributed by atoms with Crippen LogP contribution in [-0.4, -0.2) is 96.7 Å². The smallest absolute Gasteiger partial charge is 0.462 e. The molecule has 0 heterocycles. The molecule has 0 spiro atoms. The van der Waals surface area contributed by atoms with Crippen LogP contribution < -0.4 is 0 Å². The normalized spacial score (nSPS) is 13.8. The summed E-state index contributed by atoms with van der Waals surface area (Å²) in [4.78, 5) is 73.0. The van der Waals surface area contributed by atoms with Crippen LogP contribution in [-0.2, 0) is 65.4 Å². The Hall–Kier alpha value is -1.94. The lowest BCUT2D eigenvalue weighted by atomic mass is 10.0. The Balaban J connectivity index is 5.26. The van der Waals surface area contributed by atoms with E-state index in [9.17, 15) is 43.2 Å². The van der Waals surface area contributed by atoms with E-state index in [2.05, 4.69) is 27.7 Å². The summed E-state index contributed by atoms with van der Waals surface area (Å²) < 4.78 is 68.7. The SMILES string of the molecule is CCCCCCCCCCCCCCCCCC(=O)OC[C@H](COP(=O)(O)OC[C@H](O)COP(=O)(O)OC[C@@H](COC(=O)CCCCCCCCCCCCCCCCC)OC(=O)CCCCCCCCCCCCCCCCC)OC(=O)CCCCCCCCCCCCCCC. The second-order valence-electron chi connectivity index (χ2n) is 28.5. The zero-order chi connectivity index (χ0) is 71.8. The molecule has 5 atom stereocenters. The van der Waals surface area contributed by atoms with Crippen LogP contribution in [0.5, 0.6) is 0 Å². The molecule has 0 aliphatic heterocycles. The van der Waals surface area contributed by atoms with E-state index in [1.54, 1.807) is 0 Å². The minimum absolute atomic E-state index is 0.109. The second-order valence-corrected chi connectivity index (χ2v) is 31.4. The van der Waals surface area contributed by atoms with Crippen LogP contribution in [0.2, 0.25) is 0 Å². The molecule has 0 bridgehead atoms. The van der Waals surface area contributed by atoms with Crippen LogP contribution in [0.4, 0.5) is 0 Å². The van der Waals surface area contributed by atoms with E-state index in [4.69, 9.17) is 37.0 Å². The third-order valence-corrected chi connectivity index (χ3v) is 20.5. The molecule has 0 aromatic heterocycles. The van der Waals surface area contributed by atoms with Crippen molar-refractivity contribution >= 4 is 39.5 Å². The molecule has 0 aliphatic rings. The number of ether oxygens (including phenoxy) is 4. The number of aliphatic hydroxyl groups excluding tert-OH is 1. The second kappa shape index (κ2) is 73.4. The maximum Gasteiger partial charge on any atom is 0.472 e. The fourth-order valence-corrected chi connectivity index (χ4v) is 13.9. The maximum absolute atomic E-state index is 13.1. The summed E-state index contributed by atoms with van der Waals surface area (Å²) in [6.07, 6.45) is 64.9. The lowest BCUT2D eigenvalue weighted by molar-refractivity contribution is -0.161. The van der Waals surface area contributed by atoms with Crippen molar-refractivity contribution in [1.29, 1.82) is 0 Å². The largest absolute Gasteiger partial charge is 0.472 e. The highest BCUT2D eigenvalue weighted by molar-refractivity contribution is 7.47. The molecule has 0 aromatic rings. The van der Waals surface area contributed by atoms with Crippen molar-refractivity contribution in [2.75, 3.05) is 39.6 Å². The molecule has 0 aromatic carbocycles. The molecule has 3 N–H and O–H groups in total. The number of hydrogen-bond acceptors (Lipinski definition) is 15. The highest BCUT2D eigenvalue weighted by Crippen LogP contribution is 2.45. The monoisotopic (exact) mass is 1440 g/mol. The first kappa shape index (κ1) is 96.1. The van der Waals surface area contributed by atoms with E-state index in [1.165, 1.54) is 257 Å². The minimum atomic E-state index is -4.96. The molecule has 19 heteroatoms. The van der Waals surface area contributed by atoms with Gasteiger partial charge in [-0.1, -0.05) is 374 Å². The van der Waals surface area contributed by atoms with Crippen molar-refractivity contribution in [2.45, 2.75) is 444 Å². The Kier molecular flexibility index (Phi) is 71.9. The first-order chi connectivity index (χ1) is 47.7. The van der Waals surface area contributed by atoms with Gasteiger partial charge in [0.15, 0.2) is 12.2 Å². The topological polar surface area (TPSA) is 237 Å². The predicted molar refractivity (Wildman–Crippen MR) is 400 cm³/mol. The van der Waals surface area contributed by atoms with E-state index < -0.39 is 97.5 Å². The predicted octanol–water partition coefficient (Wildman–Crippen LogP) is 23.8. The Morgan fingerprint density at radius 3 is 0.602 bits per heavy atom. The van der Waals surface area contributed by atoms with Crippen molar-refractivity contribution in [3.05, 3.63) is 0 Å². The van der Waals surface area contributed by atoms with Crippen molar-refractivity contribution < 1.29 is 80.2 Å². The molecule has 0 rings (SSSR count). The summed E-state index contributed by atoms with van der Waals surface area (Å²) in [5, 5.41) is 10.6.